The highest BCUT2D eigenvalue weighted by Crippen LogP contribution is 2.40. The Hall–Kier alpha value is -0.870. The van der Waals surface area contributed by atoms with Gasteiger partial charge in [-0.3, -0.25) is 4.79 Å². The van der Waals surface area contributed by atoms with Gasteiger partial charge < -0.3 is 10.2 Å². The van der Waals surface area contributed by atoms with E-state index in [0.29, 0.717) is 17.9 Å². The second-order valence-electron chi connectivity index (χ2n) is 6.48. The minimum atomic E-state index is -0.181. The average molecular weight is 292 g/mol. The number of hydrogen-bond donors (Lipinski definition) is 1. The van der Waals surface area contributed by atoms with Crippen molar-refractivity contribution in [3.05, 3.63) is 22.4 Å². The van der Waals surface area contributed by atoms with Crippen LogP contribution < -0.4 is 5.32 Å². The standard InChI is InChI=1S/C16H24N2OS/c1-12(2)16(7-8-17-11-16)15(19)18(13-5-6-13)10-14-4-3-9-20-14/h3-4,9,12-13,17H,5-8,10-11H2,1-2H3. The molecule has 1 aromatic rings. The highest BCUT2D eigenvalue weighted by Gasteiger charge is 2.48. The lowest BCUT2D eigenvalue weighted by molar-refractivity contribution is -0.145. The van der Waals surface area contributed by atoms with Crippen LogP contribution in [0.15, 0.2) is 17.5 Å². The molecule has 2 heterocycles. The molecule has 1 atom stereocenters. The third-order valence-electron chi connectivity index (χ3n) is 4.87. The molecule has 3 rings (SSSR count). The van der Waals surface area contributed by atoms with E-state index >= 15 is 0 Å². The molecule has 1 aliphatic carbocycles. The molecule has 1 N–H and O–H groups in total. The Morgan fingerprint density at radius 3 is 2.85 bits per heavy atom. The fourth-order valence-corrected chi connectivity index (χ4v) is 3.95. The smallest absolute Gasteiger partial charge is 0.230 e. The first-order chi connectivity index (χ1) is 9.63. The van der Waals surface area contributed by atoms with Gasteiger partial charge in [-0.15, -0.1) is 11.3 Å². The zero-order valence-corrected chi connectivity index (χ0v) is 13.2. The van der Waals surface area contributed by atoms with E-state index < -0.39 is 0 Å². The second-order valence-corrected chi connectivity index (χ2v) is 7.51. The molecule has 20 heavy (non-hydrogen) atoms. The molecule has 3 nitrogen and oxygen atoms in total. The zero-order valence-electron chi connectivity index (χ0n) is 12.4. The molecule has 110 valence electrons. The van der Waals surface area contributed by atoms with Gasteiger partial charge in [0.05, 0.1) is 12.0 Å². The third kappa shape index (κ3) is 2.51. The van der Waals surface area contributed by atoms with Crippen LogP contribution in [0, 0.1) is 11.3 Å². The number of carbonyl (C=O) groups excluding carboxylic acids is 1. The van der Waals surface area contributed by atoms with E-state index in [1.165, 1.54) is 17.7 Å². The lowest BCUT2D eigenvalue weighted by Gasteiger charge is -2.37. The van der Waals surface area contributed by atoms with Crippen molar-refractivity contribution in [2.75, 3.05) is 13.1 Å². The van der Waals surface area contributed by atoms with E-state index in [1.54, 1.807) is 11.3 Å². The first-order valence-electron chi connectivity index (χ1n) is 7.67. The van der Waals surface area contributed by atoms with Crippen molar-refractivity contribution in [2.45, 2.75) is 45.7 Å². The summed E-state index contributed by atoms with van der Waals surface area (Å²) in [6.45, 7) is 7.01. The van der Waals surface area contributed by atoms with Crippen LogP contribution in [0.4, 0.5) is 0 Å². The summed E-state index contributed by atoms with van der Waals surface area (Å²) in [5, 5.41) is 5.50. The average Bonchev–Trinajstić information content (AvgIpc) is 2.95. The number of carbonyl (C=O) groups is 1. The molecule has 1 amide bonds. The van der Waals surface area contributed by atoms with Gasteiger partial charge in [-0.25, -0.2) is 0 Å². The summed E-state index contributed by atoms with van der Waals surface area (Å²) < 4.78 is 0. The minimum absolute atomic E-state index is 0.181. The Morgan fingerprint density at radius 1 is 1.55 bits per heavy atom. The van der Waals surface area contributed by atoms with Crippen LogP contribution in [0.2, 0.25) is 0 Å². The molecule has 0 radical (unpaired) electrons. The Balaban J connectivity index is 1.81. The van der Waals surface area contributed by atoms with Crippen LogP contribution in [0.3, 0.4) is 0 Å². The van der Waals surface area contributed by atoms with Gasteiger partial charge >= 0.3 is 0 Å². The molecule has 2 aliphatic rings. The highest BCUT2D eigenvalue weighted by molar-refractivity contribution is 7.09. The van der Waals surface area contributed by atoms with Crippen molar-refractivity contribution >= 4 is 17.2 Å². The maximum absolute atomic E-state index is 13.2. The van der Waals surface area contributed by atoms with Gasteiger partial charge in [-0.05, 0) is 43.2 Å². The molecule has 0 aromatic carbocycles. The van der Waals surface area contributed by atoms with E-state index in [1.807, 2.05) is 0 Å². The number of nitrogens with zero attached hydrogens (tertiary/aromatic N) is 1. The maximum atomic E-state index is 13.2. The van der Waals surface area contributed by atoms with Crippen LogP contribution in [-0.4, -0.2) is 29.9 Å². The zero-order chi connectivity index (χ0) is 14.2. The van der Waals surface area contributed by atoms with Crippen molar-refractivity contribution in [1.82, 2.24) is 10.2 Å². The molecule has 1 aromatic heterocycles. The molecule has 1 saturated carbocycles. The quantitative estimate of drug-likeness (QED) is 0.905. The van der Waals surface area contributed by atoms with Gasteiger partial charge in [0, 0.05) is 17.5 Å². The van der Waals surface area contributed by atoms with Crippen molar-refractivity contribution in [3.63, 3.8) is 0 Å². The van der Waals surface area contributed by atoms with Crippen molar-refractivity contribution in [2.24, 2.45) is 11.3 Å². The Kier molecular flexibility index (Phi) is 3.87. The summed E-state index contributed by atoms with van der Waals surface area (Å²) in [7, 11) is 0. The molecule has 1 saturated heterocycles. The highest BCUT2D eigenvalue weighted by atomic mass is 32.1. The van der Waals surface area contributed by atoms with Crippen LogP contribution in [0.5, 0.6) is 0 Å². The summed E-state index contributed by atoms with van der Waals surface area (Å²) in [5.74, 6) is 0.781. The van der Waals surface area contributed by atoms with Crippen LogP contribution >= 0.6 is 11.3 Å². The predicted octanol–water partition coefficient (Wildman–Crippen LogP) is 2.87. The van der Waals surface area contributed by atoms with Crippen molar-refractivity contribution < 1.29 is 4.79 Å². The topological polar surface area (TPSA) is 32.3 Å². The fourth-order valence-electron chi connectivity index (χ4n) is 3.24. The number of amides is 1. The molecular weight excluding hydrogens is 268 g/mol. The van der Waals surface area contributed by atoms with E-state index in [2.05, 4.69) is 41.6 Å². The number of nitrogens with one attached hydrogen (secondary N) is 1. The number of rotatable bonds is 5. The van der Waals surface area contributed by atoms with Gasteiger partial charge in [-0.1, -0.05) is 19.9 Å². The monoisotopic (exact) mass is 292 g/mol. The fraction of sp³-hybridized carbons (Fsp3) is 0.688. The molecule has 0 bridgehead atoms. The van der Waals surface area contributed by atoms with Crippen LogP contribution in [-0.2, 0) is 11.3 Å². The maximum Gasteiger partial charge on any atom is 0.230 e. The molecule has 2 fully saturated rings. The molecule has 1 unspecified atom stereocenters. The largest absolute Gasteiger partial charge is 0.334 e. The lowest BCUT2D eigenvalue weighted by atomic mass is 9.75. The molecular formula is C16H24N2OS. The van der Waals surface area contributed by atoms with Gasteiger partial charge in [0.15, 0.2) is 0 Å². The lowest BCUT2D eigenvalue weighted by Crippen LogP contribution is -2.48. The molecule has 0 spiro atoms. The van der Waals surface area contributed by atoms with Crippen LogP contribution in [0.1, 0.15) is 38.0 Å². The van der Waals surface area contributed by atoms with Gasteiger partial charge in [0.1, 0.15) is 0 Å². The first kappa shape index (κ1) is 14.1. The first-order valence-corrected chi connectivity index (χ1v) is 8.55. The summed E-state index contributed by atoms with van der Waals surface area (Å²) in [6, 6.07) is 4.70. The Morgan fingerprint density at radius 2 is 2.35 bits per heavy atom. The molecule has 1 aliphatic heterocycles. The van der Waals surface area contributed by atoms with Gasteiger partial charge in [-0.2, -0.15) is 0 Å². The minimum Gasteiger partial charge on any atom is -0.334 e. The normalized spacial score (nSPS) is 26.1. The Bertz CT molecular complexity index is 459. The van der Waals surface area contributed by atoms with Gasteiger partial charge in [0.25, 0.3) is 0 Å². The van der Waals surface area contributed by atoms with Crippen molar-refractivity contribution in [3.8, 4) is 0 Å². The second kappa shape index (κ2) is 5.49. The predicted molar refractivity (Wildman–Crippen MR) is 82.6 cm³/mol. The van der Waals surface area contributed by atoms with Crippen LogP contribution in [0.25, 0.3) is 0 Å². The molecule has 4 heteroatoms. The number of hydrogen-bond acceptors (Lipinski definition) is 3. The number of thiophene rings is 1. The third-order valence-corrected chi connectivity index (χ3v) is 5.74. The summed E-state index contributed by atoms with van der Waals surface area (Å²) in [6.07, 6.45) is 3.34. The summed E-state index contributed by atoms with van der Waals surface area (Å²) in [4.78, 5) is 16.7. The summed E-state index contributed by atoms with van der Waals surface area (Å²) >= 11 is 1.75. The van der Waals surface area contributed by atoms with E-state index in [9.17, 15) is 4.79 Å². The SMILES string of the molecule is CC(C)C1(C(=O)N(Cc2cccs2)C2CC2)CCNC1. The van der Waals surface area contributed by atoms with E-state index in [4.69, 9.17) is 0 Å². The van der Waals surface area contributed by atoms with Crippen molar-refractivity contribution in [1.29, 1.82) is 0 Å². The van der Waals surface area contributed by atoms with Gasteiger partial charge in [0.2, 0.25) is 5.91 Å². The Labute approximate surface area is 125 Å². The van der Waals surface area contributed by atoms with E-state index in [-0.39, 0.29) is 5.41 Å². The summed E-state index contributed by atoms with van der Waals surface area (Å²) in [5.41, 5.74) is -0.181. The van der Waals surface area contributed by atoms with E-state index in [0.717, 1.165) is 26.1 Å².